The van der Waals surface area contributed by atoms with Crippen LogP contribution in [0.3, 0.4) is 0 Å². The summed E-state index contributed by atoms with van der Waals surface area (Å²) in [4.78, 5) is 39.8. The Labute approximate surface area is 220 Å². The highest BCUT2D eigenvalue weighted by atomic mass is 19.1. The molecule has 1 amide bonds. The normalized spacial score (nSPS) is 11.4. The minimum atomic E-state index is -0.299. The zero-order valence-corrected chi connectivity index (χ0v) is 21.8. The van der Waals surface area contributed by atoms with Gasteiger partial charge >= 0.3 is 0 Å². The summed E-state index contributed by atoms with van der Waals surface area (Å²) in [5.41, 5.74) is 4.97. The molecule has 0 saturated carbocycles. The number of carbonyl (C=O) groups excluding carboxylic acids is 2. The molecule has 0 saturated heterocycles. The van der Waals surface area contributed by atoms with Gasteiger partial charge in [-0.25, -0.2) is 14.4 Å². The van der Waals surface area contributed by atoms with E-state index in [0.29, 0.717) is 23.2 Å². The van der Waals surface area contributed by atoms with Crippen molar-refractivity contribution < 1.29 is 14.0 Å². The fourth-order valence-corrected chi connectivity index (χ4v) is 4.79. The van der Waals surface area contributed by atoms with E-state index >= 15 is 0 Å². The maximum absolute atomic E-state index is 13.4. The summed E-state index contributed by atoms with van der Waals surface area (Å²) in [5.74, 6) is 0.179. The maximum Gasteiger partial charge on any atom is 0.270 e. The summed E-state index contributed by atoms with van der Waals surface area (Å²) >= 11 is 0. The average molecular weight is 512 g/mol. The van der Waals surface area contributed by atoms with E-state index in [1.807, 2.05) is 43.6 Å². The highest BCUT2D eigenvalue weighted by Crippen LogP contribution is 2.30. The van der Waals surface area contributed by atoms with Crippen molar-refractivity contribution in [2.24, 2.45) is 0 Å². The first-order valence-corrected chi connectivity index (χ1v) is 12.8. The summed E-state index contributed by atoms with van der Waals surface area (Å²) in [6, 6.07) is 13.9. The van der Waals surface area contributed by atoms with Gasteiger partial charge in [-0.15, -0.1) is 0 Å². The van der Waals surface area contributed by atoms with E-state index in [0.717, 1.165) is 59.5 Å². The van der Waals surface area contributed by atoms with Gasteiger partial charge in [0.2, 0.25) is 0 Å². The number of hydrogen-bond donors (Lipinski definition) is 1. The predicted octanol–water partition coefficient (Wildman–Crippen LogP) is 6.12. The number of ketones is 1. The molecular weight excluding hydrogens is 481 g/mol. The fraction of sp³-hybridized carbons (Fsp3) is 0.267. The first-order valence-electron chi connectivity index (χ1n) is 12.8. The van der Waals surface area contributed by atoms with Gasteiger partial charge in [0.05, 0.1) is 11.3 Å². The van der Waals surface area contributed by atoms with Crippen molar-refractivity contribution in [1.29, 1.82) is 0 Å². The third kappa shape index (κ3) is 5.20. The van der Waals surface area contributed by atoms with Gasteiger partial charge in [0.1, 0.15) is 23.0 Å². The van der Waals surface area contributed by atoms with E-state index in [9.17, 15) is 14.0 Å². The number of carbonyl (C=O) groups is 2. The summed E-state index contributed by atoms with van der Waals surface area (Å²) in [5, 5.41) is 0.723. The Morgan fingerprint density at radius 1 is 0.947 bits per heavy atom. The van der Waals surface area contributed by atoms with Crippen LogP contribution in [0.25, 0.3) is 33.4 Å². The highest BCUT2D eigenvalue weighted by Gasteiger charge is 2.24. The number of fused-ring (bicyclic) bond motifs is 2. The number of hydrogen-bond acceptors (Lipinski definition) is 4. The number of nitrogens with one attached hydrogen (secondary N) is 1. The number of rotatable bonds is 9. The van der Waals surface area contributed by atoms with Crippen molar-refractivity contribution in [3.05, 3.63) is 83.8 Å². The Kier molecular flexibility index (Phi) is 7.05. The molecule has 3 aromatic rings. The van der Waals surface area contributed by atoms with Crippen LogP contribution in [0.2, 0.25) is 0 Å². The molecule has 0 fully saturated rings. The predicted molar refractivity (Wildman–Crippen MR) is 146 cm³/mol. The van der Waals surface area contributed by atoms with Gasteiger partial charge < -0.3 is 14.5 Å². The van der Waals surface area contributed by atoms with Crippen LogP contribution in [-0.4, -0.2) is 50.2 Å². The number of halogens is 1. The number of Topliss-reactive ketones (excluding diaryl/α,β-unsaturated/α-hetero) is 1. The molecular formula is C30H30FN5O2. The van der Waals surface area contributed by atoms with E-state index in [4.69, 9.17) is 0 Å². The quantitative estimate of drug-likeness (QED) is 0.191. The number of benzene rings is 2. The smallest absolute Gasteiger partial charge is 0.270 e. The SMILES string of the molecule is Cc1nc2ccn(CCCCCC(=O)c3c(C(=O)N(C)C)[nH]c4cc(-c5ccc(F)cc5)ccc34)cc-2n1. The maximum atomic E-state index is 13.4. The molecule has 1 N–H and O–H groups in total. The van der Waals surface area contributed by atoms with Crippen molar-refractivity contribution in [2.45, 2.75) is 39.2 Å². The van der Waals surface area contributed by atoms with Crippen LogP contribution in [0.1, 0.15) is 52.4 Å². The molecule has 38 heavy (non-hydrogen) atoms. The van der Waals surface area contributed by atoms with Gasteiger partial charge in [-0.05, 0) is 55.2 Å². The molecule has 2 aromatic carbocycles. The monoisotopic (exact) mass is 511 g/mol. The van der Waals surface area contributed by atoms with Crippen molar-refractivity contribution in [3.63, 3.8) is 0 Å². The highest BCUT2D eigenvalue weighted by molar-refractivity contribution is 6.16. The Hall–Kier alpha value is -4.33. The minimum absolute atomic E-state index is 0.0485. The molecule has 0 unspecified atom stereocenters. The number of imidazole rings is 1. The van der Waals surface area contributed by atoms with Gasteiger partial charge in [0, 0.05) is 50.4 Å². The lowest BCUT2D eigenvalue weighted by atomic mass is 9.98. The van der Waals surface area contributed by atoms with Gasteiger partial charge in [-0.1, -0.05) is 30.7 Å². The third-order valence-electron chi connectivity index (χ3n) is 6.73. The molecule has 8 heteroatoms. The standard InChI is InChI=1S/C30H30FN5O2/c1-19-32-24-14-16-36(18-26(24)33-19)15-6-4-5-7-27(37)28-23-13-10-21(20-8-11-22(31)12-9-20)17-25(23)34-29(28)30(38)35(2)3/h8-14,16-18,34H,4-7,15H2,1-3H3. The number of amides is 1. The number of unbranched alkanes of at least 4 members (excludes halogenated alkanes) is 2. The number of pyridine rings is 1. The fourth-order valence-electron chi connectivity index (χ4n) is 4.79. The van der Waals surface area contributed by atoms with E-state index in [2.05, 4.69) is 19.5 Å². The number of aromatic nitrogens is 4. The van der Waals surface area contributed by atoms with Crippen LogP contribution in [-0.2, 0) is 6.54 Å². The van der Waals surface area contributed by atoms with Crippen molar-refractivity contribution in [3.8, 4) is 22.5 Å². The van der Waals surface area contributed by atoms with Crippen molar-refractivity contribution in [1.82, 2.24) is 24.4 Å². The Balaban J connectivity index is 1.29. The van der Waals surface area contributed by atoms with Crippen LogP contribution in [0.15, 0.2) is 60.9 Å². The molecule has 3 heterocycles. The average Bonchev–Trinajstić information content (AvgIpc) is 3.47. The zero-order valence-electron chi connectivity index (χ0n) is 21.8. The molecule has 0 spiro atoms. The van der Waals surface area contributed by atoms with Crippen LogP contribution in [0, 0.1) is 12.7 Å². The molecule has 0 bridgehead atoms. The molecule has 1 aromatic heterocycles. The van der Waals surface area contributed by atoms with E-state index in [-0.39, 0.29) is 17.5 Å². The lowest BCUT2D eigenvalue weighted by Gasteiger charge is -2.11. The molecule has 7 nitrogen and oxygen atoms in total. The molecule has 0 radical (unpaired) electrons. The topological polar surface area (TPSA) is 83.9 Å². The largest absolute Gasteiger partial charge is 0.352 e. The van der Waals surface area contributed by atoms with E-state index < -0.39 is 0 Å². The Bertz CT molecular complexity index is 1580. The molecule has 0 aliphatic carbocycles. The van der Waals surface area contributed by atoms with Crippen LogP contribution < -0.4 is 0 Å². The summed E-state index contributed by atoms with van der Waals surface area (Å²) in [7, 11) is 3.34. The van der Waals surface area contributed by atoms with Crippen molar-refractivity contribution in [2.75, 3.05) is 14.1 Å². The first kappa shape index (κ1) is 25.3. The number of aryl methyl sites for hydroxylation is 2. The van der Waals surface area contributed by atoms with Gasteiger partial charge in [-0.2, -0.15) is 0 Å². The van der Waals surface area contributed by atoms with Gasteiger partial charge in [-0.3, -0.25) is 9.59 Å². The first-order chi connectivity index (χ1) is 18.3. The summed E-state index contributed by atoms with van der Waals surface area (Å²) in [6.45, 7) is 2.72. The zero-order chi connectivity index (χ0) is 26.8. The molecule has 5 rings (SSSR count). The van der Waals surface area contributed by atoms with Crippen LogP contribution in [0.5, 0.6) is 0 Å². The Morgan fingerprint density at radius 2 is 1.68 bits per heavy atom. The van der Waals surface area contributed by atoms with E-state index in [1.165, 1.54) is 17.0 Å². The molecule has 2 aliphatic rings. The van der Waals surface area contributed by atoms with Gasteiger partial charge in [0.15, 0.2) is 5.78 Å². The van der Waals surface area contributed by atoms with Crippen LogP contribution >= 0.6 is 0 Å². The minimum Gasteiger partial charge on any atom is -0.352 e. The van der Waals surface area contributed by atoms with Gasteiger partial charge in [0.25, 0.3) is 5.91 Å². The summed E-state index contributed by atoms with van der Waals surface area (Å²) < 4.78 is 15.5. The lowest BCUT2D eigenvalue weighted by molar-refractivity contribution is 0.0815. The second-order valence-corrected chi connectivity index (χ2v) is 9.80. The second kappa shape index (κ2) is 10.6. The lowest BCUT2D eigenvalue weighted by Crippen LogP contribution is -2.24. The molecule has 194 valence electrons. The molecule has 0 atom stereocenters. The number of H-pyrrole nitrogens is 1. The molecule has 2 aliphatic heterocycles. The number of nitrogens with zero attached hydrogens (tertiary/aromatic N) is 4. The van der Waals surface area contributed by atoms with Crippen LogP contribution in [0.4, 0.5) is 4.39 Å². The third-order valence-corrected chi connectivity index (χ3v) is 6.73. The van der Waals surface area contributed by atoms with Crippen molar-refractivity contribution >= 4 is 22.6 Å². The van der Waals surface area contributed by atoms with E-state index in [1.54, 1.807) is 26.2 Å². The summed E-state index contributed by atoms with van der Waals surface area (Å²) in [6.07, 6.45) is 6.91. The number of aromatic amines is 1. The Morgan fingerprint density at radius 3 is 2.45 bits per heavy atom. The second-order valence-electron chi connectivity index (χ2n) is 9.80.